The number of rotatable bonds is 6. The maximum Gasteiger partial charge on any atom is 0.243 e. The minimum absolute atomic E-state index is 0.00867. The lowest BCUT2D eigenvalue weighted by atomic mass is 9.94. The van der Waals surface area contributed by atoms with Crippen molar-refractivity contribution in [2.24, 2.45) is 5.92 Å². The first-order valence-corrected chi connectivity index (χ1v) is 10.6. The highest BCUT2D eigenvalue weighted by Gasteiger charge is 2.34. The van der Waals surface area contributed by atoms with E-state index in [1.165, 1.54) is 6.92 Å². The van der Waals surface area contributed by atoms with Gasteiger partial charge in [0.1, 0.15) is 24.1 Å². The van der Waals surface area contributed by atoms with Gasteiger partial charge in [0, 0.05) is 14.0 Å². The van der Waals surface area contributed by atoms with Gasteiger partial charge in [0.2, 0.25) is 11.8 Å². The fourth-order valence-corrected chi connectivity index (χ4v) is 4.11. The van der Waals surface area contributed by atoms with Gasteiger partial charge in [-0.25, -0.2) is 0 Å². The molecule has 7 heteroatoms. The number of benzene rings is 2. The van der Waals surface area contributed by atoms with Crippen molar-refractivity contribution in [3.63, 3.8) is 0 Å². The normalized spacial score (nSPS) is 18.6. The van der Waals surface area contributed by atoms with E-state index in [1.807, 2.05) is 68.3 Å². The summed E-state index contributed by atoms with van der Waals surface area (Å²) in [6.07, 6.45) is 0.443. The summed E-state index contributed by atoms with van der Waals surface area (Å²) in [5.41, 5.74) is 3.22. The Morgan fingerprint density at radius 3 is 2.58 bits per heavy atom. The van der Waals surface area contributed by atoms with Crippen LogP contribution in [0.3, 0.4) is 0 Å². The minimum Gasteiger partial charge on any atom is -0.487 e. The van der Waals surface area contributed by atoms with Crippen molar-refractivity contribution in [2.75, 3.05) is 23.9 Å². The highest BCUT2D eigenvalue weighted by atomic mass is 16.5. The maximum absolute atomic E-state index is 12.9. The molecule has 0 saturated carbocycles. The molecule has 0 aromatic heterocycles. The topological polar surface area (TPSA) is 90.9 Å². The summed E-state index contributed by atoms with van der Waals surface area (Å²) < 4.78 is 6.09. The van der Waals surface area contributed by atoms with Crippen LogP contribution in [0.15, 0.2) is 42.5 Å². The molecule has 0 radical (unpaired) electrons. The van der Waals surface area contributed by atoms with E-state index in [-0.39, 0.29) is 24.3 Å². The van der Waals surface area contributed by atoms with E-state index in [1.54, 1.807) is 0 Å². The Labute approximate surface area is 183 Å². The first-order valence-electron chi connectivity index (χ1n) is 10.6. The van der Waals surface area contributed by atoms with Gasteiger partial charge in [-0.1, -0.05) is 50.2 Å². The quantitative estimate of drug-likeness (QED) is 0.662. The Bertz CT molecular complexity index is 930. The zero-order valence-electron chi connectivity index (χ0n) is 18.5. The third kappa shape index (κ3) is 5.17. The number of aliphatic hydroxyl groups is 1. The lowest BCUT2D eigenvalue weighted by molar-refractivity contribution is -0.124. The molecule has 31 heavy (non-hydrogen) atoms. The van der Waals surface area contributed by atoms with Crippen molar-refractivity contribution in [1.82, 2.24) is 5.32 Å². The van der Waals surface area contributed by atoms with Crippen LogP contribution in [0.4, 0.5) is 11.4 Å². The van der Waals surface area contributed by atoms with Gasteiger partial charge in [0.15, 0.2) is 0 Å². The molecule has 1 aliphatic heterocycles. The Morgan fingerprint density at radius 1 is 1.26 bits per heavy atom. The second-order valence-corrected chi connectivity index (χ2v) is 8.29. The van der Waals surface area contributed by atoms with Gasteiger partial charge in [0.25, 0.3) is 0 Å². The van der Waals surface area contributed by atoms with Crippen LogP contribution in [0.25, 0.3) is 0 Å². The van der Waals surface area contributed by atoms with Gasteiger partial charge in [-0.3, -0.25) is 9.59 Å². The number of ether oxygens (including phenoxy) is 1. The average molecular weight is 426 g/mol. The molecule has 0 saturated heterocycles. The molecule has 166 valence electrons. The van der Waals surface area contributed by atoms with Crippen LogP contribution in [-0.2, 0) is 22.6 Å². The van der Waals surface area contributed by atoms with Gasteiger partial charge in [-0.15, -0.1) is 0 Å². The number of likely N-dealkylation sites (N-methyl/N-ethyl adjacent to an activating group) is 1. The number of hydrogen-bond acceptors (Lipinski definition) is 5. The smallest absolute Gasteiger partial charge is 0.243 e. The molecule has 0 bridgehead atoms. The molecule has 3 rings (SSSR count). The number of amides is 2. The van der Waals surface area contributed by atoms with Crippen LogP contribution in [0.1, 0.15) is 31.9 Å². The molecule has 7 nitrogen and oxygen atoms in total. The number of carbonyl (C=O) groups is 2. The second kappa shape index (κ2) is 9.83. The predicted octanol–water partition coefficient (Wildman–Crippen LogP) is 2.72. The lowest BCUT2D eigenvalue weighted by Crippen LogP contribution is -2.54. The molecule has 0 aliphatic carbocycles. The number of carbonyl (C=O) groups excluding carboxylic acids is 2. The molecule has 0 unspecified atom stereocenters. The van der Waals surface area contributed by atoms with Gasteiger partial charge in [-0.05, 0) is 29.5 Å². The third-order valence-electron chi connectivity index (χ3n) is 5.46. The molecular weight excluding hydrogens is 394 g/mol. The molecule has 1 aliphatic rings. The predicted molar refractivity (Wildman–Crippen MR) is 121 cm³/mol. The summed E-state index contributed by atoms with van der Waals surface area (Å²) >= 11 is 0. The molecule has 0 fully saturated rings. The van der Waals surface area contributed by atoms with Crippen LogP contribution in [0, 0.1) is 5.92 Å². The standard InChI is InChI=1S/C24H31N3O4/c1-15(2)22-24(30)26-19(13-28)12-18-10-11-20(31-14-17-8-6-5-7-9-17)21(25-16(3)29)23(18)27(22)4/h5-11,15,19,22,28H,12-14H2,1-4H3,(H,25,29)(H,26,30)/t19-,22-/m0/s1. The Balaban J connectivity index is 2.09. The third-order valence-corrected chi connectivity index (χ3v) is 5.46. The lowest BCUT2D eigenvalue weighted by Gasteiger charge is -2.38. The number of hydrogen-bond donors (Lipinski definition) is 3. The molecule has 2 aromatic rings. The van der Waals surface area contributed by atoms with Crippen LogP contribution in [-0.4, -0.2) is 42.7 Å². The largest absolute Gasteiger partial charge is 0.487 e. The fraction of sp³-hybridized carbons (Fsp3) is 0.417. The number of nitrogens with zero attached hydrogens (tertiary/aromatic N) is 1. The summed E-state index contributed by atoms with van der Waals surface area (Å²) in [5, 5.41) is 15.7. The zero-order chi connectivity index (χ0) is 22.5. The summed E-state index contributed by atoms with van der Waals surface area (Å²) in [6, 6.07) is 12.7. The van der Waals surface area contributed by atoms with E-state index in [0.717, 1.165) is 16.8 Å². The Kier molecular flexibility index (Phi) is 7.17. The SMILES string of the molecule is CC(=O)Nc1c(OCc2ccccc2)ccc2c1N(C)[C@@H](C(C)C)C(=O)N[C@H](CO)C2. The Morgan fingerprint density at radius 2 is 1.97 bits per heavy atom. The molecular formula is C24H31N3O4. The van der Waals surface area contributed by atoms with Gasteiger partial charge < -0.3 is 25.4 Å². The van der Waals surface area contributed by atoms with Crippen LogP contribution >= 0.6 is 0 Å². The second-order valence-electron chi connectivity index (χ2n) is 8.29. The van der Waals surface area contributed by atoms with Gasteiger partial charge in [0.05, 0.1) is 18.3 Å². The maximum atomic E-state index is 12.9. The molecule has 0 spiro atoms. The average Bonchev–Trinajstić information content (AvgIpc) is 2.71. The van der Waals surface area contributed by atoms with Crippen molar-refractivity contribution in [3.05, 3.63) is 53.6 Å². The number of nitrogens with one attached hydrogen (secondary N) is 2. The van der Waals surface area contributed by atoms with E-state index < -0.39 is 12.1 Å². The highest BCUT2D eigenvalue weighted by Crippen LogP contribution is 2.41. The van der Waals surface area contributed by atoms with E-state index >= 15 is 0 Å². The first kappa shape index (κ1) is 22.6. The van der Waals surface area contributed by atoms with Gasteiger partial charge >= 0.3 is 0 Å². The van der Waals surface area contributed by atoms with Crippen LogP contribution in [0.2, 0.25) is 0 Å². The van der Waals surface area contributed by atoms with Crippen molar-refractivity contribution in [1.29, 1.82) is 0 Å². The van der Waals surface area contributed by atoms with E-state index in [2.05, 4.69) is 10.6 Å². The molecule has 2 atom stereocenters. The summed E-state index contributed by atoms with van der Waals surface area (Å²) in [5.74, 6) is 0.173. The van der Waals surface area contributed by atoms with E-state index in [9.17, 15) is 14.7 Å². The summed E-state index contributed by atoms with van der Waals surface area (Å²) in [4.78, 5) is 26.9. The monoisotopic (exact) mass is 425 g/mol. The van der Waals surface area contributed by atoms with Crippen molar-refractivity contribution >= 4 is 23.2 Å². The molecule has 2 aromatic carbocycles. The van der Waals surface area contributed by atoms with Gasteiger partial charge in [-0.2, -0.15) is 0 Å². The summed E-state index contributed by atoms with van der Waals surface area (Å²) in [6.45, 7) is 5.59. The number of fused-ring (bicyclic) bond motifs is 1. The van der Waals surface area contributed by atoms with Crippen molar-refractivity contribution in [3.8, 4) is 5.75 Å². The van der Waals surface area contributed by atoms with Crippen molar-refractivity contribution in [2.45, 2.75) is 45.9 Å². The van der Waals surface area contributed by atoms with Crippen LogP contribution < -0.4 is 20.3 Å². The number of anilines is 2. The van der Waals surface area contributed by atoms with Crippen molar-refractivity contribution < 1.29 is 19.4 Å². The molecule has 2 amide bonds. The van der Waals surface area contributed by atoms with Crippen LogP contribution in [0.5, 0.6) is 5.75 Å². The summed E-state index contributed by atoms with van der Waals surface area (Å²) in [7, 11) is 1.86. The van der Waals surface area contributed by atoms with E-state index in [0.29, 0.717) is 24.5 Å². The Hall–Kier alpha value is -3.06. The first-order chi connectivity index (χ1) is 14.8. The number of aliphatic hydroxyl groups excluding tert-OH is 1. The minimum atomic E-state index is -0.468. The zero-order valence-corrected chi connectivity index (χ0v) is 18.5. The highest BCUT2D eigenvalue weighted by molar-refractivity contribution is 5.98. The van der Waals surface area contributed by atoms with E-state index in [4.69, 9.17) is 4.74 Å². The molecule has 1 heterocycles. The molecule has 3 N–H and O–H groups in total. The fourth-order valence-electron chi connectivity index (χ4n) is 4.11.